The third kappa shape index (κ3) is 6.16. The van der Waals surface area contributed by atoms with Crippen molar-refractivity contribution in [2.24, 2.45) is 0 Å². The van der Waals surface area contributed by atoms with E-state index in [4.69, 9.17) is 14.2 Å². The monoisotopic (exact) mass is 715 g/mol. The number of methoxy groups -OCH3 is 1. The molecule has 7 rings (SSSR count). The second kappa shape index (κ2) is 14.1. The summed E-state index contributed by atoms with van der Waals surface area (Å²) in [6.45, 7) is 7.76. The number of carbonyl (C=O) groups is 2. The molecule has 5 heterocycles. The van der Waals surface area contributed by atoms with Crippen molar-refractivity contribution in [1.82, 2.24) is 25.0 Å². The van der Waals surface area contributed by atoms with Crippen LogP contribution in [0.2, 0.25) is 0 Å². The fourth-order valence-electron chi connectivity index (χ4n) is 7.51. The fraction of sp³-hybridized carbons (Fsp3) is 0.444. The van der Waals surface area contributed by atoms with Crippen molar-refractivity contribution in [3.05, 3.63) is 77.5 Å². The predicted molar refractivity (Wildman–Crippen MR) is 186 cm³/mol. The number of pyridine rings is 1. The van der Waals surface area contributed by atoms with Gasteiger partial charge in [-0.3, -0.25) is 14.6 Å². The Morgan fingerprint density at radius 3 is 2.33 bits per heavy atom. The number of nitrogens with one attached hydrogen (secondary N) is 1. The number of nitrogens with zero attached hydrogens (tertiary/aromatic N) is 6. The Morgan fingerprint density at radius 2 is 1.71 bits per heavy atom. The zero-order valence-corrected chi connectivity index (χ0v) is 29.5. The lowest BCUT2D eigenvalue weighted by Crippen LogP contribution is -2.61. The predicted octanol–water partition coefficient (Wildman–Crippen LogP) is 2.53. The van der Waals surface area contributed by atoms with Gasteiger partial charge in [0.2, 0.25) is 5.88 Å². The molecule has 0 spiro atoms. The number of fused-ring (bicyclic) bond motifs is 1. The molecule has 3 amide bonds. The highest BCUT2D eigenvalue weighted by molar-refractivity contribution is 7.93. The number of anilines is 1. The van der Waals surface area contributed by atoms with E-state index in [9.17, 15) is 18.5 Å². The van der Waals surface area contributed by atoms with Crippen LogP contribution in [-0.2, 0) is 25.1 Å². The second-order valence-corrected chi connectivity index (χ2v) is 14.8. The van der Waals surface area contributed by atoms with Crippen molar-refractivity contribution in [3.8, 4) is 17.7 Å². The Kier molecular flexibility index (Phi) is 9.60. The SMILES string of the molecule is CCOc1ncccc1[C@@]1(NC(=O)N2CCN(C3CCN(C4COC4)CC3)CC2)C(=O)N(S(=O)(=O)c2ccc(OC)cc2)c2ccc(C#N)cc21. The van der Waals surface area contributed by atoms with Crippen LogP contribution < -0.4 is 19.1 Å². The summed E-state index contributed by atoms with van der Waals surface area (Å²) < 4.78 is 45.9. The first kappa shape index (κ1) is 34.7. The number of nitriles is 1. The van der Waals surface area contributed by atoms with E-state index in [1.165, 1.54) is 55.8 Å². The minimum atomic E-state index is -4.54. The van der Waals surface area contributed by atoms with Crippen LogP contribution in [0, 0.1) is 11.3 Å². The van der Waals surface area contributed by atoms with Crippen molar-refractivity contribution in [2.45, 2.75) is 42.3 Å². The summed E-state index contributed by atoms with van der Waals surface area (Å²) in [5.74, 6) is -0.461. The van der Waals surface area contributed by atoms with E-state index in [0.717, 1.165) is 39.1 Å². The molecule has 14 nitrogen and oxygen atoms in total. The number of hydrogen-bond acceptors (Lipinski definition) is 11. The van der Waals surface area contributed by atoms with E-state index >= 15 is 4.79 Å². The number of piperidine rings is 1. The molecule has 51 heavy (non-hydrogen) atoms. The lowest BCUT2D eigenvalue weighted by atomic mass is 9.83. The average Bonchev–Trinajstić information content (AvgIpc) is 3.39. The number of urea groups is 1. The first-order chi connectivity index (χ1) is 24.7. The van der Waals surface area contributed by atoms with Crippen molar-refractivity contribution in [2.75, 3.05) is 70.5 Å². The number of benzene rings is 2. The van der Waals surface area contributed by atoms with Crippen molar-refractivity contribution in [3.63, 3.8) is 0 Å². The Morgan fingerprint density at radius 1 is 1.00 bits per heavy atom. The minimum Gasteiger partial charge on any atom is -0.497 e. The molecule has 0 unspecified atom stereocenters. The van der Waals surface area contributed by atoms with Gasteiger partial charge < -0.3 is 24.4 Å². The highest BCUT2D eigenvalue weighted by Gasteiger charge is 2.59. The molecule has 4 aliphatic heterocycles. The topological polar surface area (TPSA) is 158 Å². The van der Waals surface area contributed by atoms with Crippen molar-refractivity contribution in [1.29, 1.82) is 5.26 Å². The highest BCUT2D eigenvalue weighted by Crippen LogP contribution is 2.49. The smallest absolute Gasteiger partial charge is 0.318 e. The van der Waals surface area contributed by atoms with Gasteiger partial charge in [-0.15, -0.1) is 0 Å². The second-order valence-electron chi connectivity index (χ2n) is 13.0. The van der Waals surface area contributed by atoms with E-state index < -0.39 is 27.5 Å². The van der Waals surface area contributed by atoms with E-state index in [0.29, 0.717) is 48.3 Å². The van der Waals surface area contributed by atoms with Gasteiger partial charge in [-0.1, -0.05) is 0 Å². The molecule has 1 atom stereocenters. The highest BCUT2D eigenvalue weighted by atomic mass is 32.2. The number of piperazine rings is 1. The largest absolute Gasteiger partial charge is 0.497 e. The maximum absolute atomic E-state index is 15.1. The van der Waals surface area contributed by atoms with Gasteiger partial charge in [0.25, 0.3) is 15.9 Å². The summed E-state index contributed by atoms with van der Waals surface area (Å²) in [6, 6.07) is 15.6. The molecule has 268 valence electrons. The first-order valence-electron chi connectivity index (χ1n) is 17.2. The normalized spacial score (nSPS) is 21.9. The van der Waals surface area contributed by atoms with Crippen molar-refractivity contribution < 1.29 is 32.2 Å². The van der Waals surface area contributed by atoms with E-state index in [2.05, 4.69) is 26.2 Å². The van der Waals surface area contributed by atoms with Gasteiger partial charge in [0.15, 0.2) is 5.54 Å². The van der Waals surface area contributed by atoms with Crippen LogP contribution in [0.3, 0.4) is 0 Å². The van der Waals surface area contributed by atoms with Gasteiger partial charge in [-0.25, -0.2) is 18.2 Å². The van der Waals surface area contributed by atoms with E-state index in [1.807, 2.05) is 0 Å². The zero-order valence-electron chi connectivity index (χ0n) is 28.7. The number of carbonyl (C=O) groups excluding carboxylic acids is 2. The minimum absolute atomic E-state index is 0.00560. The quantitative estimate of drug-likeness (QED) is 0.347. The maximum Gasteiger partial charge on any atom is 0.318 e. The standard InChI is InChI=1S/C36H41N7O7S/c1-3-50-33-30(5-4-14-38-33)36(39-35(45)42-19-17-41(18-20-42)26-12-15-40(16-13-26)27-23-49-24-27)31-21-25(22-37)6-11-32(31)43(34(36)44)51(46,47)29-9-7-28(48-2)8-10-29/h4-11,14,21,26-27H,3,12-13,15-20,23-24H2,1-2H3,(H,39,45)/t36-/m0/s1. The van der Waals surface area contributed by atoms with Crippen molar-refractivity contribution >= 4 is 27.6 Å². The summed E-state index contributed by atoms with van der Waals surface area (Å²) >= 11 is 0. The van der Waals surface area contributed by atoms with Crippen LogP contribution in [0.4, 0.5) is 10.5 Å². The van der Waals surface area contributed by atoms with Crippen LogP contribution in [0.1, 0.15) is 36.5 Å². The molecule has 0 bridgehead atoms. The van der Waals surface area contributed by atoms with Gasteiger partial charge in [0.05, 0.1) is 60.8 Å². The molecule has 0 saturated carbocycles. The fourth-order valence-corrected chi connectivity index (χ4v) is 8.97. The molecule has 2 aromatic carbocycles. The molecular formula is C36H41N7O7S. The van der Waals surface area contributed by atoms with Gasteiger partial charge in [-0.05, 0) is 74.4 Å². The molecule has 3 saturated heterocycles. The molecule has 15 heteroatoms. The third-order valence-electron chi connectivity index (χ3n) is 10.4. The molecule has 3 aromatic rings. The van der Waals surface area contributed by atoms with Gasteiger partial charge >= 0.3 is 6.03 Å². The molecule has 1 N–H and O–H groups in total. The molecule has 1 aromatic heterocycles. The van der Waals surface area contributed by atoms with Crippen LogP contribution in [0.5, 0.6) is 11.6 Å². The van der Waals surface area contributed by atoms with Crippen LogP contribution in [0.15, 0.2) is 65.7 Å². The van der Waals surface area contributed by atoms with E-state index in [1.54, 1.807) is 24.0 Å². The van der Waals surface area contributed by atoms with Crippen LogP contribution >= 0.6 is 0 Å². The van der Waals surface area contributed by atoms with Crippen LogP contribution in [0.25, 0.3) is 0 Å². The maximum atomic E-state index is 15.1. The number of rotatable bonds is 9. The number of hydrogen-bond donors (Lipinski definition) is 1. The Balaban J connectivity index is 1.22. The lowest BCUT2D eigenvalue weighted by Gasteiger charge is -2.46. The number of likely N-dealkylation sites (tertiary alicyclic amines) is 1. The van der Waals surface area contributed by atoms with E-state index in [-0.39, 0.29) is 39.8 Å². The average molecular weight is 716 g/mol. The third-order valence-corrected chi connectivity index (χ3v) is 12.1. The Labute approximate surface area is 297 Å². The zero-order chi connectivity index (χ0) is 35.8. The Bertz CT molecular complexity index is 1930. The summed E-state index contributed by atoms with van der Waals surface area (Å²) in [5.41, 5.74) is -1.65. The molecular weight excluding hydrogens is 675 g/mol. The van der Waals surface area contributed by atoms with Gasteiger partial charge in [0.1, 0.15) is 5.75 Å². The van der Waals surface area contributed by atoms with Gasteiger partial charge in [-0.2, -0.15) is 9.57 Å². The van der Waals surface area contributed by atoms with Gasteiger partial charge in [0, 0.05) is 57.1 Å². The number of aromatic nitrogens is 1. The number of amides is 3. The Hall–Kier alpha value is -4.75. The van der Waals surface area contributed by atoms with Crippen LogP contribution in [-0.4, -0.2) is 118 Å². The summed E-state index contributed by atoms with van der Waals surface area (Å²) in [6.07, 6.45) is 3.60. The molecule has 4 aliphatic rings. The summed E-state index contributed by atoms with van der Waals surface area (Å²) in [4.78, 5) is 40.2. The summed E-state index contributed by atoms with van der Waals surface area (Å²) in [7, 11) is -3.07. The molecule has 0 radical (unpaired) electrons. The first-order valence-corrected chi connectivity index (χ1v) is 18.6. The molecule has 0 aliphatic carbocycles. The molecule has 3 fully saturated rings. The number of ether oxygens (including phenoxy) is 3. The number of sulfonamides is 1. The summed E-state index contributed by atoms with van der Waals surface area (Å²) in [5, 5.41) is 12.9. The lowest BCUT2D eigenvalue weighted by molar-refractivity contribution is -0.121.